The number of benzene rings is 3. The minimum absolute atomic E-state index is 0.103. The Kier molecular flexibility index (Phi) is 7.00. The maximum atomic E-state index is 12.0. The zero-order chi connectivity index (χ0) is 20.5. The number of hydrogen-bond acceptors (Lipinski definition) is 4. The second-order valence-electron chi connectivity index (χ2n) is 6.66. The largest absolute Gasteiger partial charge is 0.488 e. The fourth-order valence-corrected chi connectivity index (χ4v) is 2.67. The van der Waals surface area contributed by atoms with Crippen LogP contribution >= 0.6 is 0 Å². The highest BCUT2D eigenvalue weighted by Gasteiger charge is 2.05. The molecule has 0 aliphatic carbocycles. The van der Waals surface area contributed by atoms with Gasteiger partial charge in [0, 0.05) is 5.56 Å². The second-order valence-corrected chi connectivity index (χ2v) is 6.66. The van der Waals surface area contributed by atoms with Gasteiger partial charge in [0.05, 0.1) is 6.21 Å². The third-order valence-corrected chi connectivity index (χ3v) is 4.25. The topological polar surface area (TPSA) is 59.9 Å². The SMILES string of the molecule is Cc1ccc(C)c(OCC(=O)N/N=C\c2ccccc2OCc2ccccc2)c1. The van der Waals surface area contributed by atoms with E-state index in [-0.39, 0.29) is 12.5 Å². The van der Waals surface area contributed by atoms with Crippen molar-refractivity contribution in [2.75, 3.05) is 6.61 Å². The number of aryl methyl sites for hydroxylation is 2. The van der Waals surface area contributed by atoms with E-state index in [0.29, 0.717) is 18.1 Å². The van der Waals surface area contributed by atoms with Gasteiger partial charge in [0.1, 0.15) is 18.1 Å². The van der Waals surface area contributed by atoms with Crippen LogP contribution in [-0.4, -0.2) is 18.7 Å². The molecule has 0 aromatic heterocycles. The summed E-state index contributed by atoms with van der Waals surface area (Å²) in [6.45, 7) is 4.28. The lowest BCUT2D eigenvalue weighted by molar-refractivity contribution is -0.123. The first-order chi connectivity index (χ1) is 14.1. The molecular formula is C24H24N2O3. The van der Waals surface area contributed by atoms with Gasteiger partial charge in [0.25, 0.3) is 5.91 Å². The number of nitrogens with zero attached hydrogens (tertiary/aromatic N) is 1. The van der Waals surface area contributed by atoms with E-state index >= 15 is 0 Å². The summed E-state index contributed by atoms with van der Waals surface area (Å²) in [5.74, 6) is 1.06. The van der Waals surface area contributed by atoms with Crippen LogP contribution in [-0.2, 0) is 11.4 Å². The molecule has 0 saturated heterocycles. The molecular weight excluding hydrogens is 364 g/mol. The molecule has 5 heteroatoms. The van der Waals surface area contributed by atoms with Crippen molar-refractivity contribution in [3.05, 3.63) is 95.1 Å². The van der Waals surface area contributed by atoms with Crippen molar-refractivity contribution < 1.29 is 14.3 Å². The van der Waals surface area contributed by atoms with E-state index in [1.807, 2.05) is 86.6 Å². The van der Waals surface area contributed by atoms with E-state index in [9.17, 15) is 4.79 Å². The smallest absolute Gasteiger partial charge is 0.277 e. The first-order valence-electron chi connectivity index (χ1n) is 9.39. The zero-order valence-corrected chi connectivity index (χ0v) is 16.6. The van der Waals surface area contributed by atoms with Crippen LogP contribution in [0.2, 0.25) is 0 Å². The number of ether oxygens (including phenoxy) is 2. The van der Waals surface area contributed by atoms with Crippen LogP contribution in [0.1, 0.15) is 22.3 Å². The van der Waals surface area contributed by atoms with Crippen LogP contribution in [0.15, 0.2) is 77.9 Å². The fraction of sp³-hybridized carbons (Fsp3) is 0.167. The molecule has 0 unspecified atom stereocenters. The monoisotopic (exact) mass is 388 g/mol. The molecule has 0 atom stereocenters. The molecule has 0 spiro atoms. The molecule has 1 amide bonds. The lowest BCUT2D eigenvalue weighted by Crippen LogP contribution is -2.24. The van der Waals surface area contributed by atoms with Crippen molar-refractivity contribution >= 4 is 12.1 Å². The Morgan fingerprint density at radius 2 is 1.69 bits per heavy atom. The number of rotatable bonds is 8. The van der Waals surface area contributed by atoms with Gasteiger partial charge < -0.3 is 9.47 Å². The minimum Gasteiger partial charge on any atom is -0.488 e. The van der Waals surface area contributed by atoms with Crippen molar-refractivity contribution in [3.8, 4) is 11.5 Å². The van der Waals surface area contributed by atoms with Gasteiger partial charge in [-0.3, -0.25) is 4.79 Å². The quantitative estimate of drug-likeness (QED) is 0.459. The Morgan fingerprint density at radius 1 is 0.931 bits per heavy atom. The van der Waals surface area contributed by atoms with Gasteiger partial charge in [-0.05, 0) is 48.7 Å². The van der Waals surface area contributed by atoms with Crippen LogP contribution in [0, 0.1) is 13.8 Å². The summed E-state index contributed by atoms with van der Waals surface area (Å²) < 4.78 is 11.5. The van der Waals surface area contributed by atoms with Gasteiger partial charge >= 0.3 is 0 Å². The molecule has 0 aliphatic rings. The Morgan fingerprint density at radius 3 is 2.52 bits per heavy atom. The highest BCUT2D eigenvalue weighted by molar-refractivity contribution is 5.85. The first kappa shape index (κ1) is 20.1. The molecule has 0 radical (unpaired) electrons. The van der Waals surface area contributed by atoms with Gasteiger partial charge in [-0.15, -0.1) is 0 Å². The Hall–Kier alpha value is -3.60. The van der Waals surface area contributed by atoms with Crippen LogP contribution in [0.5, 0.6) is 11.5 Å². The number of carbonyl (C=O) groups excluding carboxylic acids is 1. The van der Waals surface area contributed by atoms with Gasteiger partial charge in [0.2, 0.25) is 0 Å². The second kappa shape index (κ2) is 10.1. The zero-order valence-electron chi connectivity index (χ0n) is 16.6. The maximum absolute atomic E-state index is 12.0. The summed E-state index contributed by atoms with van der Waals surface area (Å²) in [6, 6.07) is 23.3. The van der Waals surface area contributed by atoms with Crippen molar-refractivity contribution in [2.45, 2.75) is 20.5 Å². The highest BCUT2D eigenvalue weighted by Crippen LogP contribution is 2.19. The van der Waals surface area contributed by atoms with Gasteiger partial charge in [-0.25, -0.2) is 5.43 Å². The van der Waals surface area contributed by atoms with E-state index in [0.717, 1.165) is 22.3 Å². The normalized spacial score (nSPS) is 10.7. The molecule has 29 heavy (non-hydrogen) atoms. The molecule has 0 saturated carbocycles. The molecule has 3 rings (SSSR count). The van der Waals surface area contributed by atoms with E-state index in [4.69, 9.17) is 9.47 Å². The van der Waals surface area contributed by atoms with Crippen molar-refractivity contribution in [1.82, 2.24) is 5.43 Å². The fourth-order valence-electron chi connectivity index (χ4n) is 2.67. The van der Waals surface area contributed by atoms with Gasteiger partial charge in [0.15, 0.2) is 6.61 Å². The number of hydrogen-bond donors (Lipinski definition) is 1. The van der Waals surface area contributed by atoms with Gasteiger partial charge in [-0.2, -0.15) is 5.10 Å². The van der Waals surface area contributed by atoms with Crippen LogP contribution < -0.4 is 14.9 Å². The minimum atomic E-state index is -0.329. The summed E-state index contributed by atoms with van der Waals surface area (Å²) in [7, 11) is 0. The number of amides is 1. The molecule has 3 aromatic carbocycles. The molecule has 0 bridgehead atoms. The summed E-state index contributed by atoms with van der Waals surface area (Å²) in [5, 5.41) is 4.02. The Balaban J connectivity index is 1.53. The lowest BCUT2D eigenvalue weighted by atomic mass is 10.1. The van der Waals surface area contributed by atoms with E-state index in [1.165, 1.54) is 0 Å². The summed E-state index contributed by atoms with van der Waals surface area (Å²) in [6.07, 6.45) is 1.57. The molecule has 5 nitrogen and oxygen atoms in total. The van der Waals surface area contributed by atoms with E-state index in [1.54, 1.807) is 6.21 Å². The molecule has 0 aliphatic heterocycles. The van der Waals surface area contributed by atoms with Crippen molar-refractivity contribution in [2.24, 2.45) is 5.10 Å². The number of nitrogens with one attached hydrogen (secondary N) is 1. The third-order valence-electron chi connectivity index (χ3n) is 4.25. The Labute approximate surface area is 171 Å². The highest BCUT2D eigenvalue weighted by atomic mass is 16.5. The maximum Gasteiger partial charge on any atom is 0.277 e. The van der Waals surface area contributed by atoms with Crippen LogP contribution in [0.4, 0.5) is 0 Å². The predicted octanol–water partition coefficient (Wildman–Crippen LogP) is 4.41. The summed E-state index contributed by atoms with van der Waals surface area (Å²) in [5.41, 5.74) is 6.41. The standard InChI is InChI=1S/C24H24N2O3/c1-18-12-13-19(2)23(14-18)29-17-24(27)26-25-15-21-10-6-7-11-22(21)28-16-20-8-4-3-5-9-20/h3-15H,16-17H2,1-2H3,(H,26,27)/b25-15-. The molecule has 1 N–H and O–H groups in total. The third kappa shape index (κ3) is 6.21. The van der Waals surface area contributed by atoms with Crippen LogP contribution in [0.25, 0.3) is 0 Å². The molecule has 3 aromatic rings. The Bertz CT molecular complexity index is 984. The average molecular weight is 388 g/mol. The predicted molar refractivity (Wildman–Crippen MR) is 114 cm³/mol. The molecule has 0 fully saturated rings. The summed E-state index contributed by atoms with van der Waals surface area (Å²) in [4.78, 5) is 12.0. The number of hydrazone groups is 1. The van der Waals surface area contributed by atoms with Crippen molar-refractivity contribution in [3.63, 3.8) is 0 Å². The average Bonchev–Trinajstić information content (AvgIpc) is 2.74. The number of carbonyl (C=O) groups is 1. The first-order valence-corrected chi connectivity index (χ1v) is 9.39. The van der Waals surface area contributed by atoms with Crippen molar-refractivity contribution in [1.29, 1.82) is 0 Å². The van der Waals surface area contributed by atoms with E-state index in [2.05, 4.69) is 10.5 Å². The molecule has 148 valence electrons. The van der Waals surface area contributed by atoms with Crippen LogP contribution in [0.3, 0.4) is 0 Å². The van der Waals surface area contributed by atoms with E-state index < -0.39 is 0 Å². The summed E-state index contributed by atoms with van der Waals surface area (Å²) >= 11 is 0. The lowest BCUT2D eigenvalue weighted by Gasteiger charge is -2.09. The van der Waals surface area contributed by atoms with Gasteiger partial charge in [-0.1, -0.05) is 54.6 Å². The molecule has 0 heterocycles. The number of para-hydroxylation sites is 1.